The van der Waals surface area contributed by atoms with Gasteiger partial charge >= 0.3 is 0 Å². The fraction of sp³-hybridized carbons (Fsp3) is 1.00. The van der Waals surface area contributed by atoms with Crippen LogP contribution >= 0.6 is 0 Å². The van der Waals surface area contributed by atoms with E-state index in [4.69, 9.17) is 4.74 Å². The predicted molar refractivity (Wildman–Crippen MR) is 58.4 cm³/mol. The fourth-order valence-electron chi connectivity index (χ4n) is 2.89. The molecule has 1 heterocycles. The number of hydrogen-bond acceptors (Lipinski definition) is 2. The molecule has 2 heteroatoms. The molecule has 14 heavy (non-hydrogen) atoms. The summed E-state index contributed by atoms with van der Waals surface area (Å²) in [6.45, 7) is 1.01. The van der Waals surface area contributed by atoms with Crippen LogP contribution in [0.2, 0.25) is 0 Å². The molecule has 0 radical (unpaired) electrons. The third-order valence-electron chi connectivity index (χ3n) is 3.87. The van der Waals surface area contributed by atoms with Crippen molar-refractivity contribution in [3.05, 3.63) is 0 Å². The van der Waals surface area contributed by atoms with Gasteiger partial charge in [-0.3, -0.25) is 0 Å². The Kier molecular flexibility index (Phi) is 3.82. The Hall–Kier alpha value is -0.0800. The van der Waals surface area contributed by atoms with Crippen LogP contribution in [0.15, 0.2) is 0 Å². The van der Waals surface area contributed by atoms with Crippen LogP contribution in [0.5, 0.6) is 0 Å². The topological polar surface area (TPSA) is 21.3 Å². The molecule has 2 rings (SSSR count). The first-order valence-corrected chi connectivity index (χ1v) is 6.17. The average molecular weight is 197 g/mol. The monoisotopic (exact) mass is 197 g/mol. The van der Waals surface area contributed by atoms with Gasteiger partial charge in [0.1, 0.15) is 0 Å². The summed E-state index contributed by atoms with van der Waals surface area (Å²) in [5.74, 6) is 0.969. The third kappa shape index (κ3) is 2.71. The second kappa shape index (κ2) is 5.13. The molecule has 2 nitrogen and oxygen atoms in total. The molecule has 1 saturated heterocycles. The number of hydrogen-bond donors (Lipinski definition) is 1. The molecule has 0 aromatic heterocycles. The van der Waals surface area contributed by atoms with Gasteiger partial charge in [0.05, 0.1) is 6.10 Å². The highest BCUT2D eigenvalue weighted by atomic mass is 16.5. The zero-order chi connectivity index (χ0) is 9.80. The Labute approximate surface area is 87.4 Å². The van der Waals surface area contributed by atoms with Gasteiger partial charge in [-0.15, -0.1) is 0 Å². The van der Waals surface area contributed by atoms with Crippen molar-refractivity contribution in [2.75, 3.05) is 13.7 Å². The van der Waals surface area contributed by atoms with Crippen LogP contribution in [0.1, 0.15) is 44.9 Å². The standard InChI is InChI=1S/C12H23NO/c1-13-11-6-4-10(9-11)5-7-12-3-2-8-14-12/h10-13H,2-9H2,1H3. The van der Waals surface area contributed by atoms with E-state index in [0.717, 1.165) is 18.6 Å². The van der Waals surface area contributed by atoms with Crippen LogP contribution in [-0.2, 0) is 4.74 Å². The minimum absolute atomic E-state index is 0.601. The highest BCUT2D eigenvalue weighted by Gasteiger charge is 2.24. The first-order chi connectivity index (χ1) is 6.88. The Morgan fingerprint density at radius 3 is 2.79 bits per heavy atom. The van der Waals surface area contributed by atoms with E-state index in [2.05, 4.69) is 12.4 Å². The van der Waals surface area contributed by atoms with Gasteiger partial charge in [0.25, 0.3) is 0 Å². The lowest BCUT2D eigenvalue weighted by Crippen LogP contribution is -2.21. The second-order valence-electron chi connectivity index (χ2n) is 4.88. The van der Waals surface area contributed by atoms with Gasteiger partial charge in [-0.2, -0.15) is 0 Å². The molecule has 0 aromatic carbocycles. The summed E-state index contributed by atoms with van der Waals surface area (Å²) in [6.07, 6.45) is 10.1. The normalized spacial score (nSPS) is 37.9. The molecule has 82 valence electrons. The Morgan fingerprint density at radius 2 is 2.14 bits per heavy atom. The van der Waals surface area contributed by atoms with Crippen molar-refractivity contribution < 1.29 is 4.74 Å². The van der Waals surface area contributed by atoms with Crippen LogP contribution in [0.25, 0.3) is 0 Å². The van der Waals surface area contributed by atoms with Gasteiger partial charge in [-0.1, -0.05) is 0 Å². The third-order valence-corrected chi connectivity index (χ3v) is 3.87. The van der Waals surface area contributed by atoms with Crippen LogP contribution < -0.4 is 5.32 Å². The zero-order valence-electron chi connectivity index (χ0n) is 9.30. The van der Waals surface area contributed by atoms with Gasteiger partial charge in [0.15, 0.2) is 0 Å². The average Bonchev–Trinajstić information content (AvgIpc) is 2.86. The molecule has 1 N–H and O–H groups in total. The van der Waals surface area contributed by atoms with E-state index in [-0.39, 0.29) is 0 Å². The highest BCUT2D eigenvalue weighted by molar-refractivity contribution is 4.80. The minimum atomic E-state index is 0.601. The van der Waals surface area contributed by atoms with Gasteiger partial charge < -0.3 is 10.1 Å². The summed E-state index contributed by atoms with van der Waals surface area (Å²) >= 11 is 0. The maximum Gasteiger partial charge on any atom is 0.0576 e. The van der Waals surface area contributed by atoms with E-state index < -0.39 is 0 Å². The first kappa shape index (κ1) is 10.4. The summed E-state index contributed by atoms with van der Waals surface area (Å²) in [6, 6.07) is 0.796. The second-order valence-corrected chi connectivity index (χ2v) is 4.88. The van der Waals surface area contributed by atoms with E-state index in [9.17, 15) is 0 Å². The van der Waals surface area contributed by atoms with Gasteiger partial charge in [-0.05, 0) is 57.9 Å². The molecule has 0 bridgehead atoms. The van der Waals surface area contributed by atoms with Crippen molar-refractivity contribution in [3.63, 3.8) is 0 Å². The van der Waals surface area contributed by atoms with Crippen molar-refractivity contribution in [3.8, 4) is 0 Å². The minimum Gasteiger partial charge on any atom is -0.378 e. The Morgan fingerprint density at radius 1 is 1.21 bits per heavy atom. The molecule has 0 aromatic rings. The van der Waals surface area contributed by atoms with Crippen molar-refractivity contribution in [1.82, 2.24) is 5.32 Å². The summed E-state index contributed by atoms with van der Waals surface area (Å²) < 4.78 is 5.65. The maximum atomic E-state index is 5.65. The van der Waals surface area contributed by atoms with Crippen molar-refractivity contribution in [2.45, 2.75) is 57.1 Å². The molecule has 3 unspecified atom stereocenters. The quantitative estimate of drug-likeness (QED) is 0.747. The zero-order valence-corrected chi connectivity index (χ0v) is 9.30. The molecule has 1 aliphatic heterocycles. The van der Waals surface area contributed by atoms with Crippen molar-refractivity contribution in [1.29, 1.82) is 0 Å². The lowest BCUT2D eigenvalue weighted by Gasteiger charge is -2.13. The molecular weight excluding hydrogens is 174 g/mol. The number of nitrogens with one attached hydrogen (secondary N) is 1. The van der Waals surface area contributed by atoms with E-state index in [1.165, 1.54) is 44.9 Å². The SMILES string of the molecule is CNC1CCC(CCC2CCCO2)C1. The summed E-state index contributed by atoms with van der Waals surface area (Å²) in [4.78, 5) is 0. The molecule has 2 aliphatic rings. The number of ether oxygens (including phenoxy) is 1. The van der Waals surface area contributed by atoms with Crippen molar-refractivity contribution >= 4 is 0 Å². The predicted octanol–water partition coefficient (Wildman–Crippen LogP) is 2.33. The van der Waals surface area contributed by atoms with Crippen LogP contribution in [0.3, 0.4) is 0 Å². The molecule has 1 aliphatic carbocycles. The molecule has 2 fully saturated rings. The molecule has 0 amide bonds. The Bertz CT molecular complexity index is 166. The summed E-state index contributed by atoms with van der Waals surface area (Å²) in [5, 5.41) is 3.39. The molecule has 1 saturated carbocycles. The maximum absolute atomic E-state index is 5.65. The summed E-state index contributed by atoms with van der Waals surface area (Å²) in [5.41, 5.74) is 0. The van der Waals surface area contributed by atoms with Gasteiger partial charge in [0, 0.05) is 12.6 Å². The van der Waals surface area contributed by atoms with E-state index >= 15 is 0 Å². The van der Waals surface area contributed by atoms with Crippen LogP contribution in [0, 0.1) is 5.92 Å². The molecular formula is C12H23NO. The fourth-order valence-corrected chi connectivity index (χ4v) is 2.89. The molecule has 0 spiro atoms. The summed E-state index contributed by atoms with van der Waals surface area (Å²) in [7, 11) is 2.09. The molecule has 3 atom stereocenters. The largest absolute Gasteiger partial charge is 0.378 e. The van der Waals surface area contributed by atoms with Crippen molar-refractivity contribution in [2.24, 2.45) is 5.92 Å². The van der Waals surface area contributed by atoms with Crippen LogP contribution in [-0.4, -0.2) is 25.8 Å². The van der Waals surface area contributed by atoms with E-state index in [0.29, 0.717) is 6.10 Å². The number of rotatable bonds is 4. The van der Waals surface area contributed by atoms with E-state index in [1.54, 1.807) is 0 Å². The van der Waals surface area contributed by atoms with Gasteiger partial charge in [0.2, 0.25) is 0 Å². The smallest absolute Gasteiger partial charge is 0.0576 e. The van der Waals surface area contributed by atoms with Crippen LogP contribution in [0.4, 0.5) is 0 Å². The lowest BCUT2D eigenvalue weighted by atomic mass is 9.98. The highest BCUT2D eigenvalue weighted by Crippen LogP contribution is 2.31. The first-order valence-electron chi connectivity index (χ1n) is 6.17. The van der Waals surface area contributed by atoms with E-state index in [1.807, 2.05) is 0 Å². The Balaban J connectivity index is 1.61. The van der Waals surface area contributed by atoms with Gasteiger partial charge in [-0.25, -0.2) is 0 Å². The lowest BCUT2D eigenvalue weighted by molar-refractivity contribution is 0.0982.